The summed E-state index contributed by atoms with van der Waals surface area (Å²) in [5, 5.41) is 8.65. The van der Waals surface area contributed by atoms with E-state index in [1.54, 1.807) is 48.5 Å². The topological polar surface area (TPSA) is 87.3 Å². The van der Waals surface area contributed by atoms with Gasteiger partial charge in [0.15, 0.2) is 0 Å². The van der Waals surface area contributed by atoms with Gasteiger partial charge in [0, 0.05) is 29.3 Å². The molecule has 1 aliphatic carbocycles. The SMILES string of the molecule is O=C(Nc1ccc(C(=O)NC(Cc2ccccc2)C(=O)NC2CC2)cc1)c1ccccc1. The molecule has 0 bridgehead atoms. The van der Waals surface area contributed by atoms with Gasteiger partial charge in [0.1, 0.15) is 6.04 Å². The smallest absolute Gasteiger partial charge is 0.255 e. The number of carbonyl (C=O) groups excluding carboxylic acids is 3. The molecule has 1 unspecified atom stereocenters. The second-order valence-electron chi connectivity index (χ2n) is 7.90. The summed E-state index contributed by atoms with van der Waals surface area (Å²) in [6.45, 7) is 0. The fourth-order valence-electron chi connectivity index (χ4n) is 3.33. The van der Waals surface area contributed by atoms with E-state index in [-0.39, 0.29) is 23.8 Å². The molecule has 1 atom stereocenters. The van der Waals surface area contributed by atoms with Gasteiger partial charge in [0.05, 0.1) is 0 Å². The number of hydrogen-bond donors (Lipinski definition) is 3. The fourth-order valence-corrected chi connectivity index (χ4v) is 3.33. The number of carbonyl (C=O) groups is 3. The molecule has 0 spiro atoms. The molecule has 3 aromatic rings. The van der Waals surface area contributed by atoms with Crippen LogP contribution in [0.4, 0.5) is 5.69 Å². The van der Waals surface area contributed by atoms with Crippen LogP contribution in [0.2, 0.25) is 0 Å². The van der Waals surface area contributed by atoms with Crippen molar-refractivity contribution >= 4 is 23.4 Å². The molecule has 3 amide bonds. The quantitative estimate of drug-likeness (QED) is 0.514. The molecule has 0 saturated heterocycles. The van der Waals surface area contributed by atoms with Crippen LogP contribution >= 0.6 is 0 Å². The lowest BCUT2D eigenvalue weighted by Crippen LogP contribution is -2.48. The van der Waals surface area contributed by atoms with Gasteiger partial charge in [-0.05, 0) is 54.8 Å². The number of nitrogens with one attached hydrogen (secondary N) is 3. The minimum atomic E-state index is -0.664. The van der Waals surface area contributed by atoms with E-state index in [4.69, 9.17) is 0 Å². The largest absolute Gasteiger partial charge is 0.352 e. The average Bonchev–Trinajstić information content (AvgIpc) is 3.64. The first-order valence-electron chi connectivity index (χ1n) is 10.7. The van der Waals surface area contributed by atoms with Crippen molar-refractivity contribution in [2.45, 2.75) is 31.3 Å². The summed E-state index contributed by atoms with van der Waals surface area (Å²) in [5.74, 6) is -0.725. The van der Waals surface area contributed by atoms with Gasteiger partial charge < -0.3 is 16.0 Å². The molecule has 3 aromatic carbocycles. The van der Waals surface area contributed by atoms with Gasteiger partial charge in [-0.3, -0.25) is 14.4 Å². The number of anilines is 1. The first kappa shape index (κ1) is 21.3. The molecule has 0 radical (unpaired) electrons. The van der Waals surface area contributed by atoms with E-state index in [0.717, 1.165) is 18.4 Å². The van der Waals surface area contributed by atoms with E-state index in [0.29, 0.717) is 23.2 Å². The van der Waals surface area contributed by atoms with E-state index < -0.39 is 6.04 Å². The van der Waals surface area contributed by atoms with E-state index in [1.165, 1.54) is 0 Å². The fraction of sp³-hybridized carbons (Fsp3) is 0.192. The Kier molecular flexibility index (Phi) is 6.60. The zero-order valence-electron chi connectivity index (χ0n) is 17.6. The van der Waals surface area contributed by atoms with Crippen LogP contribution in [0.5, 0.6) is 0 Å². The Morgan fingerprint density at radius 2 is 1.34 bits per heavy atom. The maximum Gasteiger partial charge on any atom is 0.255 e. The number of benzene rings is 3. The Hall–Kier alpha value is -3.93. The molecule has 4 rings (SSSR count). The van der Waals surface area contributed by atoms with Crippen LogP contribution in [0.25, 0.3) is 0 Å². The first-order chi connectivity index (χ1) is 15.6. The molecule has 0 aliphatic heterocycles. The number of rotatable bonds is 8. The average molecular weight is 428 g/mol. The van der Waals surface area contributed by atoms with Gasteiger partial charge in [-0.1, -0.05) is 48.5 Å². The molecule has 162 valence electrons. The normalized spacial score (nSPS) is 13.6. The highest BCUT2D eigenvalue weighted by Crippen LogP contribution is 2.19. The summed E-state index contributed by atoms with van der Waals surface area (Å²) in [5.41, 5.74) is 2.53. The van der Waals surface area contributed by atoms with Gasteiger partial charge >= 0.3 is 0 Å². The van der Waals surface area contributed by atoms with E-state index in [2.05, 4.69) is 16.0 Å². The van der Waals surface area contributed by atoms with Crippen molar-refractivity contribution in [3.63, 3.8) is 0 Å². The van der Waals surface area contributed by atoms with Crippen molar-refractivity contribution in [3.05, 3.63) is 102 Å². The number of amides is 3. The molecule has 1 fully saturated rings. The van der Waals surface area contributed by atoms with Crippen LogP contribution in [-0.2, 0) is 11.2 Å². The van der Waals surface area contributed by atoms with Gasteiger partial charge in [-0.25, -0.2) is 0 Å². The predicted molar refractivity (Wildman–Crippen MR) is 123 cm³/mol. The Morgan fingerprint density at radius 1 is 0.750 bits per heavy atom. The second kappa shape index (κ2) is 9.92. The van der Waals surface area contributed by atoms with Crippen LogP contribution in [0.3, 0.4) is 0 Å². The van der Waals surface area contributed by atoms with Crippen molar-refractivity contribution in [2.75, 3.05) is 5.32 Å². The Balaban J connectivity index is 1.40. The third-order valence-electron chi connectivity index (χ3n) is 5.27. The highest BCUT2D eigenvalue weighted by Gasteiger charge is 2.28. The van der Waals surface area contributed by atoms with E-state index in [1.807, 2.05) is 36.4 Å². The lowest BCUT2D eigenvalue weighted by molar-refractivity contribution is -0.123. The van der Waals surface area contributed by atoms with Crippen molar-refractivity contribution in [1.82, 2.24) is 10.6 Å². The van der Waals surface area contributed by atoms with Gasteiger partial charge in [-0.15, -0.1) is 0 Å². The number of hydrogen-bond acceptors (Lipinski definition) is 3. The van der Waals surface area contributed by atoms with Crippen molar-refractivity contribution in [1.29, 1.82) is 0 Å². The maximum atomic E-state index is 12.8. The molecule has 3 N–H and O–H groups in total. The van der Waals surface area contributed by atoms with Crippen LogP contribution in [0, 0.1) is 0 Å². The molecule has 6 nitrogen and oxygen atoms in total. The zero-order valence-corrected chi connectivity index (χ0v) is 17.6. The Labute approximate surface area is 187 Å². The van der Waals surface area contributed by atoms with Crippen LogP contribution in [0.15, 0.2) is 84.9 Å². The van der Waals surface area contributed by atoms with Gasteiger partial charge in [0.2, 0.25) is 5.91 Å². The van der Waals surface area contributed by atoms with Crippen molar-refractivity contribution in [3.8, 4) is 0 Å². The zero-order chi connectivity index (χ0) is 22.3. The monoisotopic (exact) mass is 427 g/mol. The summed E-state index contributed by atoms with van der Waals surface area (Å²) in [6.07, 6.45) is 2.37. The molecular weight excluding hydrogens is 402 g/mol. The predicted octanol–water partition coefficient (Wildman–Crippen LogP) is 3.56. The van der Waals surface area contributed by atoms with Gasteiger partial charge in [-0.2, -0.15) is 0 Å². The van der Waals surface area contributed by atoms with E-state index >= 15 is 0 Å². The highest BCUT2D eigenvalue weighted by atomic mass is 16.2. The molecule has 6 heteroatoms. The first-order valence-corrected chi connectivity index (χ1v) is 10.7. The summed E-state index contributed by atoms with van der Waals surface area (Å²) in [6, 6.07) is 24.7. The van der Waals surface area contributed by atoms with Gasteiger partial charge in [0.25, 0.3) is 11.8 Å². The third kappa shape index (κ3) is 5.82. The molecular formula is C26H25N3O3. The maximum absolute atomic E-state index is 12.8. The minimum Gasteiger partial charge on any atom is -0.352 e. The van der Waals surface area contributed by atoms with Crippen LogP contribution < -0.4 is 16.0 Å². The summed E-state index contributed by atoms with van der Waals surface area (Å²) in [4.78, 5) is 37.8. The Morgan fingerprint density at radius 3 is 1.97 bits per heavy atom. The summed E-state index contributed by atoms with van der Waals surface area (Å²) >= 11 is 0. The van der Waals surface area contributed by atoms with Crippen LogP contribution in [-0.4, -0.2) is 29.8 Å². The summed E-state index contributed by atoms with van der Waals surface area (Å²) < 4.78 is 0. The van der Waals surface area contributed by atoms with Crippen molar-refractivity contribution < 1.29 is 14.4 Å². The van der Waals surface area contributed by atoms with E-state index in [9.17, 15) is 14.4 Å². The minimum absolute atomic E-state index is 0.170. The lowest BCUT2D eigenvalue weighted by Gasteiger charge is -2.19. The molecule has 1 saturated carbocycles. The molecule has 32 heavy (non-hydrogen) atoms. The Bertz CT molecular complexity index is 1080. The standard InChI is InChI=1S/C26H25N3O3/c30-24(19-9-5-2-6-10-19)27-21-13-11-20(12-14-21)25(31)29-23(26(32)28-22-15-16-22)17-18-7-3-1-4-8-18/h1-14,22-23H,15-17H2,(H,27,30)(H,28,32)(H,29,31). The molecule has 0 aromatic heterocycles. The molecule has 0 heterocycles. The van der Waals surface area contributed by atoms with Crippen molar-refractivity contribution in [2.24, 2.45) is 0 Å². The molecule has 1 aliphatic rings. The lowest BCUT2D eigenvalue weighted by atomic mass is 10.0. The third-order valence-corrected chi connectivity index (χ3v) is 5.27. The summed E-state index contributed by atoms with van der Waals surface area (Å²) in [7, 11) is 0. The second-order valence-corrected chi connectivity index (χ2v) is 7.90. The highest BCUT2D eigenvalue weighted by molar-refractivity contribution is 6.04. The van der Waals surface area contributed by atoms with Crippen LogP contribution in [0.1, 0.15) is 39.1 Å².